The summed E-state index contributed by atoms with van der Waals surface area (Å²) in [5, 5.41) is 14.7. The molecule has 2 unspecified atom stereocenters. The Balaban J connectivity index is 2.51. The predicted molar refractivity (Wildman–Crippen MR) is 74.2 cm³/mol. The van der Waals surface area contributed by atoms with Gasteiger partial charge in [0, 0.05) is 12.2 Å². The number of aliphatic hydroxyl groups is 1. The number of aliphatic hydroxyl groups excluding tert-OH is 1. The molecule has 2 rings (SSSR count). The second kappa shape index (κ2) is 4.99. The minimum Gasteiger partial charge on any atom is -0.399 e. The molecular weight excluding hydrogens is 266 g/mol. The SMILES string of the molecule is CC1CCN(c2ccc(N)cc2S(N)(=O)=O)C1CO. The van der Waals surface area contributed by atoms with E-state index in [0.29, 0.717) is 23.8 Å². The first-order valence-electron chi connectivity index (χ1n) is 6.14. The average molecular weight is 285 g/mol. The highest BCUT2D eigenvalue weighted by molar-refractivity contribution is 7.89. The van der Waals surface area contributed by atoms with Crippen molar-refractivity contribution < 1.29 is 13.5 Å². The summed E-state index contributed by atoms with van der Waals surface area (Å²) in [6, 6.07) is 4.56. The van der Waals surface area contributed by atoms with E-state index in [1.54, 1.807) is 12.1 Å². The minimum absolute atomic E-state index is 0.0139. The van der Waals surface area contributed by atoms with E-state index >= 15 is 0 Å². The fraction of sp³-hybridized carbons (Fsp3) is 0.500. The molecule has 1 aliphatic heterocycles. The van der Waals surface area contributed by atoms with Crippen molar-refractivity contribution >= 4 is 21.4 Å². The molecule has 1 aromatic rings. The maximum Gasteiger partial charge on any atom is 0.240 e. The molecule has 1 saturated heterocycles. The first-order valence-corrected chi connectivity index (χ1v) is 7.69. The van der Waals surface area contributed by atoms with E-state index in [9.17, 15) is 13.5 Å². The van der Waals surface area contributed by atoms with Gasteiger partial charge in [0.2, 0.25) is 10.0 Å². The second-order valence-electron chi connectivity index (χ2n) is 4.98. The van der Waals surface area contributed by atoms with Crippen LogP contribution in [0.25, 0.3) is 0 Å². The molecule has 0 saturated carbocycles. The molecule has 0 bridgehead atoms. The normalized spacial score (nSPS) is 23.8. The van der Waals surface area contributed by atoms with Gasteiger partial charge >= 0.3 is 0 Å². The van der Waals surface area contributed by atoms with Crippen LogP contribution in [0.2, 0.25) is 0 Å². The van der Waals surface area contributed by atoms with E-state index in [-0.39, 0.29) is 17.5 Å². The van der Waals surface area contributed by atoms with E-state index in [0.717, 1.165) is 6.42 Å². The van der Waals surface area contributed by atoms with Crippen LogP contribution in [0.3, 0.4) is 0 Å². The first-order chi connectivity index (χ1) is 8.84. The molecule has 1 aliphatic rings. The molecule has 6 nitrogen and oxygen atoms in total. The van der Waals surface area contributed by atoms with Gasteiger partial charge in [-0.05, 0) is 30.5 Å². The Bertz CT molecular complexity index is 574. The zero-order chi connectivity index (χ0) is 14.2. The van der Waals surface area contributed by atoms with Crippen molar-refractivity contribution in [1.29, 1.82) is 0 Å². The van der Waals surface area contributed by atoms with E-state index < -0.39 is 10.0 Å². The van der Waals surface area contributed by atoms with E-state index in [1.807, 2.05) is 11.8 Å². The van der Waals surface area contributed by atoms with Crippen LogP contribution in [-0.4, -0.2) is 32.7 Å². The summed E-state index contributed by atoms with van der Waals surface area (Å²) >= 11 is 0. The lowest BCUT2D eigenvalue weighted by atomic mass is 10.0. The molecule has 1 fully saturated rings. The second-order valence-corrected chi connectivity index (χ2v) is 6.51. The number of nitrogens with zero attached hydrogens (tertiary/aromatic N) is 1. The van der Waals surface area contributed by atoms with Crippen molar-refractivity contribution in [2.24, 2.45) is 11.1 Å². The molecule has 0 radical (unpaired) electrons. The molecular formula is C12H19N3O3S. The summed E-state index contributed by atoms with van der Waals surface area (Å²) in [6.07, 6.45) is 0.902. The third-order valence-corrected chi connectivity index (χ3v) is 4.61. The smallest absolute Gasteiger partial charge is 0.240 e. The molecule has 0 aliphatic carbocycles. The molecule has 2 atom stereocenters. The van der Waals surface area contributed by atoms with Gasteiger partial charge in [-0.2, -0.15) is 0 Å². The predicted octanol–water partition coefficient (Wildman–Crippen LogP) is 0.123. The Morgan fingerprint density at radius 2 is 2.16 bits per heavy atom. The van der Waals surface area contributed by atoms with Crippen LogP contribution >= 0.6 is 0 Å². The highest BCUT2D eigenvalue weighted by Crippen LogP contribution is 2.34. The number of nitrogens with two attached hydrogens (primary N) is 2. The largest absolute Gasteiger partial charge is 0.399 e. The van der Waals surface area contributed by atoms with Gasteiger partial charge in [-0.15, -0.1) is 0 Å². The number of nitrogen functional groups attached to an aromatic ring is 1. The number of rotatable bonds is 3. The van der Waals surface area contributed by atoms with Crippen LogP contribution in [0.15, 0.2) is 23.1 Å². The molecule has 19 heavy (non-hydrogen) atoms. The lowest BCUT2D eigenvalue weighted by Gasteiger charge is -2.28. The van der Waals surface area contributed by atoms with Gasteiger partial charge in [0.15, 0.2) is 0 Å². The summed E-state index contributed by atoms with van der Waals surface area (Å²) in [4.78, 5) is 1.91. The zero-order valence-electron chi connectivity index (χ0n) is 10.8. The van der Waals surface area contributed by atoms with Crippen molar-refractivity contribution in [3.63, 3.8) is 0 Å². The summed E-state index contributed by atoms with van der Waals surface area (Å²) in [5.41, 5.74) is 6.49. The number of primary sulfonamides is 1. The van der Waals surface area contributed by atoms with Crippen molar-refractivity contribution in [2.75, 3.05) is 23.8 Å². The lowest BCUT2D eigenvalue weighted by Crippen LogP contribution is -2.36. The molecule has 1 heterocycles. The molecule has 7 heteroatoms. The van der Waals surface area contributed by atoms with E-state index in [1.165, 1.54) is 6.07 Å². The van der Waals surface area contributed by atoms with Gasteiger partial charge in [-0.1, -0.05) is 6.92 Å². The van der Waals surface area contributed by atoms with Crippen molar-refractivity contribution in [3.8, 4) is 0 Å². The van der Waals surface area contributed by atoms with Crippen LogP contribution in [0.1, 0.15) is 13.3 Å². The number of sulfonamides is 1. The number of anilines is 2. The molecule has 0 amide bonds. The molecule has 1 aromatic carbocycles. The summed E-state index contributed by atoms with van der Waals surface area (Å²) in [7, 11) is -3.85. The van der Waals surface area contributed by atoms with Crippen LogP contribution in [0, 0.1) is 5.92 Å². The van der Waals surface area contributed by atoms with Crippen LogP contribution in [-0.2, 0) is 10.0 Å². The average Bonchev–Trinajstić information content (AvgIpc) is 2.69. The van der Waals surface area contributed by atoms with Gasteiger partial charge < -0.3 is 15.7 Å². The van der Waals surface area contributed by atoms with Crippen molar-refractivity contribution in [2.45, 2.75) is 24.3 Å². The Labute approximate surface area is 113 Å². The highest BCUT2D eigenvalue weighted by Gasteiger charge is 2.33. The topological polar surface area (TPSA) is 110 Å². The van der Waals surface area contributed by atoms with Crippen molar-refractivity contribution in [3.05, 3.63) is 18.2 Å². The van der Waals surface area contributed by atoms with Gasteiger partial charge in [-0.3, -0.25) is 0 Å². The summed E-state index contributed by atoms with van der Waals surface area (Å²) < 4.78 is 23.3. The Morgan fingerprint density at radius 3 is 2.74 bits per heavy atom. The van der Waals surface area contributed by atoms with Crippen LogP contribution in [0.4, 0.5) is 11.4 Å². The third kappa shape index (κ3) is 2.68. The summed E-state index contributed by atoms with van der Waals surface area (Å²) in [6.45, 7) is 2.71. The lowest BCUT2D eigenvalue weighted by molar-refractivity contribution is 0.244. The van der Waals surface area contributed by atoms with Gasteiger partial charge in [-0.25, -0.2) is 13.6 Å². The maximum absolute atomic E-state index is 11.7. The van der Waals surface area contributed by atoms with Gasteiger partial charge in [0.05, 0.1) is 18.3 Å². The summed E-state index contributed by atoms with van der Waals surface area (Å²) in [5.74, 6) is 0.302. The third-order valence-electron chi connectivity index (χ3n) is 3.67. The highest BCUT2D eigenvalue weighted by atomic mass is 32.2. The Morgan fingerprint density at radius 1 is 1.47 bits per heavy atom. The molecule has 106 valence electrons. The quantitative estimate of drug-likeness (QED) is 0.683. The maximum atomic E-state index is 11.7. The fourth-order valence-corrected chi connectivity index (χ4v) is 3.36. The van der Waals surface area contributed by atoms with Crippen molar-refractivity contribution in [1.82, 2.24) is 0 Å². The Hall–Kier alpha value is -1.31. The van der Waals surface area contributed by atoms with Crippen LogP contribution in [0.5, 0.6) is 0 Å². The standard InChI is InChI=1S/C12H19N3O3S/c1-8-4-5-15(11(8)7-16)10-3-2-9(13)6-12(10)19(14,17)18/h2-3,6,8,11,16H,4-5,7,13H2,1H3,(H2,14,17,18). The van der Waals surface area contributed by atoms with Gasteiger partial charge in [0.25, 0.3) is 0 Å². The number of benzene rings is 1. The zero-order valence-corrected chi connectivity index (χ0v) is 11.6. The number of hydrogen-bond acceptors (Lipinski definition) is 5. The first kappa shape index (κ1) is 14.1. The molecule has 0 aromatic heterocycles. The minimum atomic E-state index is -3.85. The van der Waals surface area contributed by atoms with Crippen LogP contribution < -0.4 is 15.8 Å². The molecule has 5 N–H and O–H groups in total. The number of hydrogen-bond donors (Lipinski definition) is 3. The van der Waals surface area contributed by atoms with Gasteiger partial charge in [0.1, 0.15) is 4.90 Å². The molecule has 0 spiro atoms. The monoisotopic (exact) mass is 285 g/mol. The Kier molecular flexibility index (Phi) is 3.71. The van der Waals surface area contributed by atoms with E-state index in [2.05, 4.69) is 0 Å². The van der Waals surface area contributed by atoms with E-state index in [4.69, 9.17) is 10.9 Å². The fourth-order valence-electron chi connectivity index (χ4n) is 2.58.